The van der Waals surface area contributed by atoms with Gasteiger partial charge in [0.25, 0.3) is 0 Å². The van der Waals surface area contributed by atoms with E-state index < -0.39 is 34.8 Å². The van der Waals surface area contributed by atoms with Crippen LogP contribution in [-0.4, -0.2) is 33.4 Å². The molecule has 0 bridgehead atoms. The zero-order valence-corrected chi connectivity index (χ0v) is 14.5. The van der Waals surface area contributed by atoms with Gasteiger partial charge in [0.15, 0.2) is 0 Å². The molecule has 24 heavy (non-hydrogen) atoms. The summed E-state index contributed by atoms with van der Waals surface area (Å²) in [6, 6.07) is 7.34. The van der Waals surface area contributed by atoms with Crippen molar-refractivity contribution in [1.29, 1.82) is 0 Å². The molecule has 1 fully saturated rings. The number of aliphatic hydroxyl groups excluding tert-OH is 1. The minimum absolute atomic E-state index is 0.151. The van der Waals surface area contributed by atoms with Crippen molar-refractivity contribution in [3.8, 4) is 0 Å². The first kappa shape index (κ1) is 18.5. The number of aliphatic carboxylic acids is 2. The van der Waals surface area contributed by atoms with Crippen molar-refractivity contribution in [1.82, 2.24) is 0 Å². The molecule has 0 aromatic heterocycles. The zero-order valence-electron chi connectivity index (χ0n) is 14.5. The lowest BCUT2D eigenvalue weighted by atomic mass is 9.47. The predicted molar refractivity (Wildman–Crippen MR) is 89.9 cm³/mol. The minimum Gasteiger partial charge on any atom is -0.481 e. The first-order chi connectivity index (χ1) is 11.3. The Bertz CT molecular complexity index is 640. The van der Waals surface area contributed by atoms with Crippen molar-refractivity contribution in [2.75, 3.05) is 0 Å². The van der Waals surface area contributed by atoms with Crippen LogP contribution in [0.15, 0.2) is 24.3 Å². The number of aryl methyl sites for hydroxylation is 1. The molecule has 132 valence electrons. The highest BCUT2D eigenvalue weighted by atomic mass is 16.4. The molecule has 0 radical (unpaired) electrons. The molecule has 0 unspecified atom stereocenters. The van der Waals surface area contributed by atoms with Gasteiger partial charge in [-0.05, 0) is 43.7 Å². The van der Waals surface area contributed by atoms with Crippen LogP contribution in [-0.2, 0) is 9.59 Å². The number of benzene rings is 1. The largest absolute Gasteiger partial charge is 0.481 e. The number of carboxylic acid groups (broad SMARTS) is 2. The molecule has 0 spiro atoms. The first-order valence-electron chi connectivity index (χ1n) is 8.48. The Balaban J connectivity index is 2.81. The fourth-order valence-electron chi connectivity index (χ4n) is 4.81. The van der Waals surface area contributed by atoms with Crippen molar-refractivity contribution in [2.24, 2.45) is 10.8 Å². The second kappa shape index (κ2) is 6.55. The Kier molecular flexibility index (Phi) is 5.04. The lowest BCUT2D eigenvalue weighted by molar-refractivity contribution is -0.191. The third-order valence-corrected chi connectivity index (χ3v) is 6.11. The van der Waals surface area contributed by atoms with Gasteiger partial charge < -0.3 is 15.3 Å². The molecule has 1 aliphatic rings. The maximum atomic E-state index is 12.5. The summed E-state index contributed by atoms with van der Waals surface area (Å²) in [6.07, 6.45) is -0.0477. The smallest absolute Gasteiger partial charge is 0.311 e. The van der Waals surface area contributed by atoms with Gasteiger partial charge in [0.05, 0.1) is 16.9 Å². The Morgan fingerprint density at radius 2 is 1.75 bits per heavy atom. The van der Waals surface area contributed by atoms with Crippen LogP contribution in [0.25, 0.3) is 0 Å². The Labute approximate surface area is 142 Å². The van der Waals surface area contributed by atoms with E-state index >= 15 is 0 Å². The fraction of sp³-hybridized carbons (Fsp3) is 0.579. The van der Waals surface area contributed by atoms with Crippen molar-refractivity contribution >= 4 is 11.9 Å². The standard InChI is InChI=1S/C19H26O5/c1-4-18(16(21)22)11-10-14(20)15(19(18,5-2)17(23)24)13-9-7-6-8-12(13)3/h6-9,14-15,20H,4-5,10-11H2,1-3H3,(H,21,22)(H,23,24)/t14-,15-,18+,19+/m1/s1. The molecule has 4 atom stereocenters. The molecule has 5 nitrogen and oxygen atoms in total. The highest BCUT2D eigenvalue weighted by molar-refractivity contribution is 5.88. The molecule has 0 aliphatic heterocycles. The summed E-state index contributed by atoms with van der Waals surface area (Å²) in [5, 5.41) is 30.9. The summed E-state index contributed by atoms with van der Waals surface area (Å²) >= 11 is 0. The van der Waals surface area contributed by atoms with Gasteiger partial charge in [-0.25, -0.2) is 0 Å². The van der Waals surface area contributed by atoms with Crippen LogP contribution < -0.4 is 0 Å². The van der Waals surface area contributed by atoms with Gasteiger partial charge in [-0.2, -0.15) is 0 Å². The lowest BCUT2D eigenvalue weighted by Crippen LogP contribution is -2.60. The zero-order chi connectivity index (χ0) is 18.1. The highest BCUT2D eigenvalue weighted by Crippen LogP contribution is 2.61. The van der Waals surface area contributed by atoms with Gasteiger partial charge in [-0.1, -0.05) is 38.1 Å². The van der Waals surface area contributed by atoms with Crippen molar-refractivity contribution in [3.63, 3.8) is 0 Å². The molecule has 3 N–H and O–H groups in total. The van der Waals surface area contributed by atoms with Crippen molar-refractivity contribution in [3.05, 3.63) is 35.4 Å². The summed E-state index contributed by atoms with van der Waals surface area (Å²) in [5.74, 6) is -2.97. The predicted octanol–water partition coefficient (Wildman–Crippen LogP) is 3.20. The molecule has 1 aromatic carbocycles. The molecule has 0 amide bonds. The first-order valence-corrected chi connectivity index (χ1v) is 8.48. The maximum Gasteiger partial charge on any atom is 0.311 e. The Morgan fingerprint density at radius 3 is 2.21 bits per heavy atom. The molecule has 1 aromatic rings. The normalized spacial score (nSPS) is 33.2. The summed E-state index contributed by atoms with van der Waals surface area (Å²) in [6.45, 7) is 5.31. The second-order valence-electron chi connectivity index (χ2n) is 6.81. The van der Waals surface area contributed by atoms with Crippen LogP contribution in [0.5, 0.6) is 0 Å². The van der Waals surface area contributed by atoms with Gasteiger partial charge in [-0.3, -0.25) is 9.59 Å². The summed E-state index contributed by atoms with van der Waals surface area (Å²) in [4.78, 5) is 24.7. The van der Waals surface area contributed by atoms with Gasteiger partial charge in [-0.15, -0.1) is 0 Å². The highest BCUT2D eigenvalue weighted by Gasteiger charge is 2.67. The molecular formula is C19H26O5. The number of rotatable bonds is 5. The molecule has 1 saturated carbocycles. The van der Waals surface area contributed by atoms with E-state index in [2.05, 4.69) is 0 Å². The molecule has 1 aliphatic carbocycles. The van der Waals surface area contributed by atoms with E-state index in [4.69, 9.17) is 0 Å². The van der Waals surface area contributed by atoms with Crippen LogP contribution in [0.3, 0.4) is 0 Å². The van der Waals surface area contributed by atoms with E-state index in [0.717, 1.165) is 11.1 Å². The second-order valence-corrected chi connectivity index (χ2v) is 6.81. The number of carboxylic acids is 2. The molecule has 5 heteroatoms. The van der Waals surface area contributed by atoms with Crippen LogP contribution in [0.4, 0.5) is 0 Å². The molecule has 2 rings (SSSR count). The van der Waals surface area contributed by atoms with E-state index in [1.807, 2.05) is 25.1 Å². The van der Waals surface area contributed by atoms with Gasteiger partial charge >= 0.3 is 11.9 Å². The summed E-state index contributed by atoms with van der Waals surface area (Å²) in [5.41, 5.74) is -1.33. The quantitative estimate of drug-likeness (QED) is 0.768. The topological polar surface area (TPSA) is 94.8 Å². The van der Waals surface area contributed by atoms with Crippen LogP contribution >= 0.6 is 0 Å². The van der Waals surface area contributed by atoms with Crippen LogP contribution in [0, 0.1) is 17.8 Å². The van der Waals surface area contributed by atoms with Gasteiger partial charge in [0, 0.05) is 5.92 Å². The third kappa shape index (κ3) is 2.34. The summed E-state index contributed by atoms with van der Waals surface area (Å²) < 4.78 is 0. The van der Waals surface area contributed by atoms with Crippen LogP contribution in [0.2, 0.25) is 0 Å². The lowest BCUT2D eigenvalue weighted by Gasteiger charge is -2.54. The molecule has 0 heterocycles. The number of hydrogen-bond donors (Lipinski definition) is 3. The van der Waals surface area contributed by atoms with E-state index in [0.29, 0.717) is 0 Å². The SMILES string of the molecule is CC[C@@]1(C(=O)O)CC[C@@H](O)[C@@H](c2ccccc2C)[C@@]1(CC)C(=O)O. The van der Waals surface area contributed by atoms with Crippen LogP contribution in [0.1, 0.15) is 56.6 Å². The van der Waals surface area contributed by atoms with Gasteiger partial charge in [0.2, 0.25) is 0 Å². The number of hydrogen-bond acceptors (Lipinski definition) is 3. The Hall–Kier alpha value is -1.88. The van der Waals surface area contributed by atoms with Crippen molar-refractivity contribution in [2.45, 2.75) is 58.5 Å². The maximum absolute atomic E-state index is 12.5. The Morgan fingerprint density at radius 1 is 1.12 bits per heavy atom. The van der Waals surface area contributed by atoms with E-state index in [9.17, 15) is 24.9 Å². The van der Waals surface area contributed by atoms with E-state index in [-0.39, 0.29) is 25.7 Å². The fourth-order valence-corrected chi connectivity index (χ4v) is 4.81. The number of carbonyl (C=O) groups is 2. The van der Waals surface area contributed by atoms with E-state index in [1.165, 1.54) is 0 Å². The van der Waals surface area contributed by atoms with Crippen molar-refractivity contribution < 1.29 is 24.9 Å². The molecule has 0 saturated heterocycles. The average molecular weight is 334 g/mol. The number of aliphatic hydroxyl groups is 1. The molecular weight excluding hydrogens is 308 g/mol. The van der Waals surface area contributed by atoms with E-state index in [1.54, 1.807) is 19.9 Å². The average Bonchev–Trinajstić information content (AvgIpc) is 2.54. The summed E-state index contributed by atoms with van der Waals surface area (Å²) in [7, 11) is 0. The third-order valence-electron chi connectivity index (χ3n) is 6.11. The van der Waals surface area contributed by atoms with Gasteiger partial charge in [0.1, 0.15) is 0 Å². The minimum atomic E-state index is -1.54. The monoisotopic (exact) mass is 334 g/mol.